The quantitative estimate of drug-likeness (QED) is 0.696. The number of fused-ring (bicyclic) bond motifs is 1. The lowest BCUT2D eigenvalue weighted by molar-refractivity contribution is 0.183. The topological polar surface area (TPSA) is 91.2 Å². The summed E-state index contributed by atoms with van der Waals surface area (Å²) in [5.41, 5.74) is 3.73. The van der Waals surface area contributed by atoms with Gasteiger partial charge in [0, 0.05) is 22.9 Å². The summed E-state index contributed by atoms with van der Waals surface area (Å²) < 4.78 is 12.6. The molecule has 1 aliphatic carbocycles. The number of rotatable bonds is 5. The van der Waals surface area contributed by atoms with E-state index in [4.69, 9.17) is 9.47 Å². The van der Waals surface area contributed by atoms with Crippen molar-refractivity contribution in [1.29, 1.82) is 0 Å². The van der Waals surface area contributed by atoms with Crippen LogP contribution in [0.25, 0.3) is 11.3 Å². The van der Waals surface area contributed by atoms with Gasteiger partial charge >= 0.3 is 0 Å². The fourth-order valence-electron chi connectivity index (χ4n) is 4.18. The molecular formula is C22H23N5O3. The van der Waals surface area contributed by atoms with Crippen LogP contribution in [0.3, 0.4) is 0 Å². The first-order chi connectivity index (χ1) is 14.7. The SMILES string of the molecule is COc1cccc(-c2ccc(=O)n(C3COCC3Nc3ncnc4c3CCC4)n2)c1. The van der Waals surface area contributed by atoms with E-state index in [2.05, 4.69) is 20.4 Å². The first-order valence-corrected chi connectivity index (χ1v) is 10.1. The maximum absolute atomic E-state index is 12.7. The Morgan fingerprint density at radius 3 is 3.00 bits per heavy atom. The van der Waals surface area contributed by atoms with Crippen LogP contribution >= 0.6 is 0 Å². The third kappa shape index (κ3) is 3.43. The molecule has 2 unspecified atom stereocenters. The van der Waals surface area contributed by atoms with E-state index in [1.165, 1.54) is 10.2 Å². The highest BCUT2D eigenvalue weighted by Crippen LogP contribution is 2.29. The Balaban J connectivity index is 1.46. The van der Waals surface area contributed by atoms with Gasteiger partial charge in [-0.3, -0.25) is 4.79 Å². The van der Waals surface area contributed by atoms with Crippen LogP contribution in [0.15, 0.2) is 47.5 Å². The van der Waals surface area contributed by atoms with Gasteiger partial charge in [0.25, 0.3) is 5.56 Å². The zero-order valence-electron chi connectivity index (χ0n) is 16.7. The van der Waals surface area contributed by atoms with Crippen LogP contribution in [0.1, 0.15) is 23.7 Å². The lowest BCUT2D eigenvalue weighted by Gasteiger charge is -2.22. The molecule has 5 rings (SSSR count). The summed E-state index contributed by atoms with van der Waals surface area (Å²) in [5.74, 6) is 1.59. The van der Waals surface area contributed by atoms with Crippen LogP contribution in [-0.2, 0) is 17.6 Å². The van der Waals surface area contributed by atoms with Gasteiger partial charge in [0.15, 0.2) is 0 Å². The maximum Gasteiger partial charge on any atom is 0.267 e. The molecule has 1 N–H and O–H groups in total. The fraction of sp³-hybridized carbons (Fsp3) is 0.364. The molecule has 2 aromatic heterocycles. The van der Waals surface area contributed by atoms with Crippen molar-refractivity contribution in [3.8, 4) is 17.0 Å². The van der Waals surface area contributed by atoms with Crippen LogP contribution < -0.4 is 15.6 Å². The van der Waals surface area contributed by atoms with Crippen molar-refractivity contribution in [2.45, 2.75) is 31.3 Å². The van der Waals surface area contributed by atoms with Gasteiger partial charge in [0.05, 0.1) is 32.1 Å². The lowest BCUT2D eigenvalue weighted by Crippen LogP contribution is -2.37. The molecule has 1 fully saturated rings. The molecule has 3 heterocycles. The average Bonchev–Trinajstić information content (AvgIpc) is 3.44. The summed E-state index contributed by atoms with van der Waals surface area (Å²) in [7, 11) is 1.63. The number of aromatic nitrogens is 4. The number of hydrogen-bond donors (Lipinski definition) is 1. The fourth-order valence-corrected chi connectivity index (χ4v) is 4.18. The first-order valence-electron chi connectivity index (χ1n) is 10.1. The Morgan fingerprint density at radius 1 is 1.17 bits per heavy atom. The van der Waals surface area contributed by atoms with Crippen LogP contribution in [0.4, 0.5) is 5.82 Å². The van der Waals surface area contributed by atoms with Crippen molar-refractivity contribution in [2.24, 2.45) is 0 Å². The van der Waals surface area contributed by atoms with Gasteiger partial charge in [0.2, 0.25) is 0 Å². The predicted octanol–water partition coefficient (Wildman–Crippen LogP) is 2.25. The second kappa shape index (κ2) is 7.87. The van der Waals surface area contributed by atoms with Gasteiger partial charge in [-0.15, -0.1) is 0 Å². The number of ether oxygens (including phenoxy) is 2. The van der Waals surface area contributed by atoms with Gasteiger partial charge in [-0.25, -0.2) is 14.6 Å². The summed E-state index contributed by atoms with van der Waals surface area (Å²) in [4.78, 5) is 21.5. The summed E-state index contributed by atoms with van der Waals surface area (Å²) in [5, 5.41) is 8.16. The molecule has 8 heteroatoms. The van der Waals surface area contributed by atoms with E-state index in [1.807, 2.05) is 24.3 Å². The van der Waals surface area contributed by atoms with Crippen LogP contribution in [0, 0.1) is 0 Å². The minimum absolute atomic E-state index is 0.102. The number of hydrogen-bond acceptors (Lipinski definition) is 7. The van der Waals surface area contributed by atoms with Gasteiger partial charge in [-0.1, -0.05) is 12.1 Å². The smallest absolute Gasteiger partial charge is 0.267 e. The Hall–Kier alpha value is -3.26. The van der Waals surface area contributed by atoms with Gasteiger partial charge in [-0.05, 0) is 37.5 Å². The maximum atomic E-state index is 12.7. The molecule has 154 valence electrons. The zero-order valence-corrected chi connectivity index (χ0v) is 16.7. The largest absolute Gasteiger partial charge is 0.497 e. The highest BCUT2D eigenvalue weighted by Gasteiger charge is 2.33. The Bertz CT molecular complexity index is 1130. The monoisotopic (exact) mass is 405 g/mol. The molecule has 0 amide bonds. The van der Waals surface area contributed by atoms with E-state index >= 15 is 0 Å². The molecule has 1 saturated heterocycles. The highest BCUT2D eigenvalue weighted by atomic mass is 16.5. The molecule has 30 heavy (non-hydrogen) atoms. The van der Waals surface area contributed by atoms with Gasteiger partial charge < -0.3 is 14.8 Å². The summed E-state index contributed by atoms with van der Waals surface area (Å²) >= 11 is 0. The van der Waals surface area contributed by atoms with Crippen LogP contribution in [-0.4, -0.2) is 46.1 Å². The summed E-state index contributed by atoms with van der Waals surface area (Å²) in [6, 6.07) is 10.6. The van der Waals surface area contributed by atoms with Crippen molar-refractivity contribution >= 4 is 5.82 Å². The first kappa shape index (κ1) is 18.7. The van der Waals surface area contributed by atoms with Crippen LogP contribution in [0.5, 0.6) is 5.75 Å². The minimum atomic E-state index is -0.227. The third-order valence-electron chi connectivity index (χ3n) is 5.75. The molecule has 0 spiro atoms. The molecule has 3 aromatic rings. The zero-order chi connectivity index (χ0) is 20.5. The molecule has 2 aliphatic rings. The van der Waals surface area contributed by atoms with Crippen molar-refractivity contribution < 1.29 is 9.47 Å². The van der Waals surface area contributed by atoms with E-state index in [0.717, 1.165) is 42.1 Å². The van der Waals surface area contributed by atoms with E-state index in [9.17, 15) is 4.79 Å². The van der Waals surface area contributed by atoms with Crippen LogP contribution in [0.2, 0.25) is 0 Å². The second-order valence-corrected chi connectivity index (χ2v) is 7.59. The number of nitrogens with zero attached hydrogens (tertiary/aromatic N) is 4. The molecule has 8 nitrogen and oxygen atoms in total. The van der Waals surface area contributed by atoms with Crippen molar-refractivity contribution in [1.82, 2.24) is 19.7 Å². The summed E-state index contributed by atoms with van der Waals surface area (Å²) in [6.45, 7) is 0.903. The molecule has 1 aromatic carbocycles. The van der Waals surface area contributed by atoms with E-state index in [1.54, 1.807) is 25.6 Å². The highest BCUT2D eigenvalue weighted by molar-refractivity contribution is 5.60. The molecule has 0 bridgehead atoms. The van der Waals surface area contributed by atoms with Crippen molar-refractivity contribution in [3.05, 3.63) is 64.3 Å². The van der Waals surface area contributed by atoms with Crippen molar-refractivity contribution in [2.75, 3.05) is 25.6 Å². The number of aryl methyl sites for hydroxylation is 1. The van der Waals surface area contributed by atoms with Gasteiger partial charge in [-0.2, -0.15) is 5.10 Å². The van der Waals surface area contributed by atoms with Crippen molar-refractivity contribution in [3.63, 3.8) is 0 Å². The normalized spacial score (nSPS) is 20.2. The number of anilines is 1. The molecule has 0 saturated carbocycles. The molecule has 0 radical (unpaired) electrons. The Kier molecular flexibility index (Phi) is 4.92. The Labute approximate surface area is 173 Å². The molecular weight excluding hydrogens is 382 g/mol. The van der Waals surface area contributed by atoms with E-state index in [0.29, 0.717) is 18.9 Å². The van der Waals surface area contributed by atoms with E-state index in [-0.39, 0.29) is 17.6 Å². The lowest BCUT2D eigenvalue weighted by atomic mass is 10.1. The number of methoxy groups -OCH3 is 1. The third-order valence-corrected chi connectivity index (χ3v) is 5.75. The van der Waals surface area contributed by atoms with Gasteiger partial charge in [0.1, 0.15) is 23.9 Å². The van der Waals surface area contributed by atoms with E-state index < -0.39 is 0 Å². The number of benzene rings is 1. The average molecular weight is 405 g/mol. The second-order valence-electron chi connectivity index (χ2n) is 7.59. The predicted molar refractivity (Wildman–Crippen MR) is 112 cm³/mol. The molecule has 2 atom stereocenters. The molecule has 1 aliphatic heterocycles. The standard InChI is InChI=1S/C22H23N5O3/c1-29-15-5-2-4-14(10-15)17-8-9-21(28)27(26-17)20-12-30-11-19(20)25-22-16-6-3-7-18(16)23-13-24-22/h2,4-5,8-10,13,19-20H,3,6-7,11-12H2,1H3,(H,23,24,25). The Morgan fingerprint density at radius 2 is 2.10 bits per heavy atom. The summed E-state index contributed by atoms with van der Waals surface area (Å²) in [6.07, 6.45) is 4.66. The number of nitrogens with one attached hydrogen (secondary N) is 1. The minimum Gasteiger partial charge on any atom is -0.497 e.